The topological polar surface area (TPSA) is 98.7 Å². The third-order valence-corrected chi connectivity index (χ3v) is 2.41. The summed E-state index contributed by atoms with van der Waals surface area (Å²) in [5.41, 5.74) is -0.342. The number of phenolic OH excluding ortho intramolecular Hbond substituents is 2. The molecule has 0 aliphatic carbocycles. The van der Waals surface area contributed by atoms with Gasteiger partial charge in [-0.3, -0.25) is 9.59 Å². The zero-order chi connectivity index (χ0) is 15.3. The first-order valence-corrected chi connectivity index (χ1v) is 6.31. The Bertz CT molecular complexity index is 506. The highest BCUT2D eigenvalue weighted by Gasteiger charge is 2.15. The Morgan fingerprint density at radius 1 is 1.20 bits per heavy atom. The van der Waals surface area contributed by atoms with Crippen LogP contribution in [0, 0.1) is 0 Å². The molecule has 6 heteroatoms. The Morgan fingerprint density at radius 2 is 1.85 bits per heavy atom. The number of rotatable bonds is 4. The molecule has 0 spiro atoms. The first kappa shape index (κ1) is 15.8. The smallest absolute Gasteiger partial charge is 0.255 e. The molecule has 0 saturated heterocycles. The summed E-state index contributed by atoms with van der Waals surface area (Å²) in [6, 6.07) is 4.12. The van der Waals surface area contributed by atoms with E-state index in [9.17, 15) is 19.8 Å². The van der Waals surface area contributed by atoms with Crippen molar-refractivity contribution in [3.8, 4) is 11.5 Å². The molecule has 0 aliphatic rings. The zero-order valence-electron chi connectivity index (χ0n) is 11.9. The SMILES string of the molecule is CC(C)(C)NC(=O)CCNC(=O)c1cccc(O)c1O. The summed E-state index contributed by atoms with van der Waals surface area (Å²) in [5.74, 6) is -1.54. The number of nitrogens with one attached hydrogen (secondary N) is 2. The van der Waals surface area contributed by atoms with Crippen molar-refractivity contribution >= 4 is 11.8 Å². The highest BCUT2D eigenvalue weighted by Crippen LogP contribution is 2.27. The Balaban J connectivity index is 2.48. The highest BCUT2D eigenvalue weighted by atomic mass is 16.3. The van der Waals surface area contributed by atoms with Gasteiger partial charge in [-0.25, -0.2) is 0 Å². The van der Waals surface area contributed by atoms with E-state index in [2.05, 4.69) is 10.6 Å². The monoisotopic (exact) mass is 280 g/mol. The average Bonchev–Trinajstić information content (AvgIpc) is 2.30. The minimum atomic E-state index is -0.540. The second kappa shape index (κ2) is 6.27. The van der Waals surface area contributed by atoms with E-state index in [1.54, 1.807) is 0 Å². The predicted octanol–water partition coefficient (Wildman–Crippen LogP) is 1.13. The van der Waals surface area contributed by atoms with Crippen molar-refractivity contribution in [1.82, 2.24) is 10.6 Å². The van der Waals surface area contributed by atoms with E-state index in [1.807, 2.05) is 20.8 Å². The normalized spacial score (nSPS) is 10.9. The Morgan fingerprint density at radius 3 is 2.45 bits per heavy atom. The van der Waals surface area contributed by atoms with Gasteiger partial charge in [0.05, 0.1) is 5.56 Å². The van der Waals surface area contributed by atoms with E-state index in [4.69, 9.17) is 0 Å². The summed E-state index contributed by atoms with van der Waals surface area (Å²) in [4.78, 5) is 23.3. The first-order chi connectivity index (χ1) is 9.20. The van der Waals surface area contributed by atoms with Crippen LogP contribution in [0.3, 0.4) is 0 Å². The number of carbonyl (C=O) groups excluding carboxylic acids is 2. The van der Waals surface area contributed by atoms with Gasteiger partial charge in [-0.2, -0.15) is 0 Å². The molecule has 0 atom stereocenters. The van der Waals surface area contributed by atoms with Crippen molar-refractivity contribution in [3.05, 3.63) is 23.8 Å². The molecule has 0 unspecified atom stereocenters. The first-order valence-electron chi connectivity index (χ1n) is 6.31. The van der Waals surface area contributed by atoms with E-state index >= 15 is 0 Å². The van der Waals surface area contributed by atoms with Gasteiger partial charge < -0.3 is 20.8 Å². The largest absolute Gasteiger partial charge is 0.504 e. The van der Waals surface area contributed by atoms with Crippen LogP contribution in [0.25, 0.3) is 0 Å². The summed E-state index contributed by atoms with van der Waals surface area (Å²) in [6.45, 7) is 5.76. The van der Waals surface area contributed by atoms with Gasteiger partial charge >= 0.3 is 0 Å². The third-order valence-electron chi connectivity index (χ3n) is 2.41. The van der Waals surface area contributed by atoms with E-state index in [0.29, 0.717) is 0 Å². The lowest BCUT2D eigenvalue weighted by Crippen LogP contribution is -2.41. The van der Waals surface area contributed by atoms with Crippen LogP contribution in [0.4, 0.5) is 0 Å². The minimum absolute atomic E-state index is 0.0266. The molecule has 20 heavy (non-hydrogen) atoms. The number of aromatic hydroxyl groups is 2. The molecule has 1 aromatic rings. The van der Waals surface area contributed by atoms with Gasteiger partial charge in [0.2, 0.25) is 5.91 Å². The van der Waals surface area contributed by atoms with Crippen LogP contribution in [-0.2, 0) is 4.79 Å². The fourth-order valence-electron chi connectivity index (χ4n) is 1.58. The molecule has 2 amide bonds. The van der Waals surface area contributed by atoms with Crippen molar-refractivity contribution in [2.45, 2.75) is 32.7 Å². The quantitative estimate of drug-likeness (QED) is 0.621. The third kappa shape index (κ3) is 4.79. The van der Waals surface area contributed by atoms with Crippen LogP contribution >= 0.6 is 0 Å². The maximum absolute atomic E-state index is 11.8. The second-order valence-electron chi connectivity index (χ2n) is 5.48. The summed E-state index contributed by atoms with van der Waals surface area (Å²) >= 11 is 0. The van der Waals surface area contributed by atoms with Gasteiger partial charge in [0.1, 0.15) is 0 Å². The fourth-order valence-corrected chi connectivity index (χ4v) is 1.58. The van der Waals surface area contributed by atoms with Crippen molar-refractivity contribution in [2.75, 3.05) is 6.54 Å². The molecule has 0 bridgehead atoms. The number of phenols is 2. The van der Waals surface area contributed by atoms with E-state index < -0.39 is 11.7 Å². The molecular weight excluding hydrogens is 260 g/mol. The van der Waals surface area contributed by atoms with Crippen LogP contribution in [0.1, 0.15) is 37.6 Å². The van der Waals surface area contributed by atoms with E-state index in [1.165, 1.54) is 18.2 Å². The zero-order valence-corrected chi connectivity index (χ0v) is 11.9. The van der Waals surface area contributed by atoms with Gasteiger partial charge in [0, 0.05) is 18.5 Å². The molecule has 0 heterocycles. The molecule has 1 aromatic carbocycles. The Kier molecular flexibility index (Phi) is 4.96. The molecule has 6 nitrogen and oxygen atoms in total. The lowest BCUT2D eigenvalue weighted by atomic mass is 10.1. The average molecular weight is 280 g/mol. The molecule has 0 aliphatic heterocycles. The van der Waals surface area contributed by atoms with Gasteiger partial charge in [0.25, 0.3) is 5.91 Å². The number of benzene rings is 1. The van der Waals surface area contributed by atoms with Crippen LogP contribution in [0.15, 0.2) is 18.2 Å². The van der Waals surface area contributed by atoms with Crippen LogP contribution < -0.4 is 10.6 Å². The maximum atomic E-state index is 11.8. The number of hydrogen-bond donors (Lipinski definition) is 4. The number of hydrogen-bond acceptors (Lipinski definition) is 4. The van der Waals surface area contributed by atoms with Crippen LogP contribution in [-0.4, -0.2) is 34.1 Å². The van der Waals surface area contributed by atoms with Crippen molar-refractivity contribution < 1.29 is 19.8 Å². The summed E-state index contributed by atoms with van der Waals surface area (Å²) in [6.07, 6.45) is 0.141. The highest BCUT2D eigenvalue weighted by molar-refractivity contribution is 5.97. The molecule has 110 valence electrons. The Hall–Kier alpha value is -2.24. The van der Waals surface area contributed by atoms with Gasteiger partial charge in [-0.15, -0.1) is 0 Å². The number of para-hydroxylation sites is 1. The maximum Gasteiger partial charge on any atom is 0.255 e. The fraction of sp³-hybridized carbons (Fsp3) is 0.429. The van der Waals surface area contributed by atoms with Crippen LogP contribution in [0.2, 0.25) is 0 Å². The minimum Gasteiger partial charge on any atom is -0.504 e. The molecule has 0 radical (unpaired) electrons. The Labute approximate surface area is 117 Å². The van der Waals surface area contributed by atoms with Crippen molar-refractivity contribution in [2.24, 2.45) is 0 Å². The summed E-state index contributed by atoms with van der Waals surface area (Å²) in [7, 11) is 0. The molecule has 0 saturated carbocycles. The molecule has 0 aromatic heterocycles. The second-order valence-corrected chi connectivity index (χ2v) is 5.48. The van der Waals surface area contributed by atoms with E-state index in [-0.39, 0.29) is 35.7 Å². The van der Waals surface area contributed by atoms with Crippen molar-refractivity contribution in [3.63, 3.8) is 0 Å². The molecular formula is C14H20N2O4. The summed E-state index contributed by atoms with van der Waals surface area (Å²) < 4.78 is 0. The van der Waals surface area contributed by atoms with Crippen molar-refractivity contribution in [1.29, 1.82) is 0 Å². The molecule has 0 fully saturated rings. The van der Waals surface area contributed by atoms with Crippen LogP contribution in [0.5, 0.6) is 11.5 Å². The van der Waals surface area contributed by atoms with Gasteiger partial charge in [-0.1, -0.05) is 6.07 Å². The molecule has 4 N–H and O–H groups in total. The van der Waals surface area contributed by atoms with Gasteiger partial charge in [0.15, 0.2) is 11.5 Å². The van der Waals surface area contributed by atoms with E-state index in [0.717, 1.165) is 0 Å². The lowest BCUT2D eigenvalue weighted by Gasteiger charge is -2.20. The standard InChI is InChI=1S/C14H20N2O4/c1-14(2,3)16-11(18)7-8-15-13(20)9-5-4-6-10(17)12(9)19/h4-6,17,19H,7-8H2,1-3H3,(H,15,20)(H,16,18). The molecule has 1 rings (SSSR count). The lowest BCUT2D eigenvalue weighted by molar-refractivity contribution is -0.122. The number of carbonyl (C=O) groups is 2. The number of amides is 2. The van der Waals surface area contributed by atoms with Gasteiger partial charge in [-0.05, 0) is 32.9 Å². The summed E-state index contributed by atoms with van der Waals surface area (Å²) in [5, 5.41) is 24.1. The predicted molar refractivity (Wildman–Crippen MR) is 74.6 cm³/mol.